The fourth-order valence-corrected chi connectivity index (χ4v) is 4.27. The molecule has 1 atom stereocenters. The van der Waals surface area contributed by atoms with Crippen LogP contribution in [0.3, 0.4) is 0 Å². The van der Waals surface area contributed by atoms with Crippen LogP contribution in [0.1, 0.15) is 44.6 Å². The Bertz CT molecular complexity index is 883. The third-order valence-corrected chi connectivity index (χ3v) is 5.36. The Labute approximate surface area is 172 Å². The number of carbonyl (C=O) groups is 1. The van der Waals surface area contributed by atoms with Gasteiger partial charge < -0.3 is 19.9 Å². The van der Waals surface area contributed by atoms with Crippen molar-refractivity contribution in [3.05, 3.63) is 44.1 Å². The summed E-state index contributed by atoms with van der Waals surface area (Å²) in [4.78, 5) is 12.7. The number of Topliss-reactive ketones (excluding diaryl/α,β-unsaturated/α-hetero) is 1. The fraction of sp³-hybridized carbons (Fsp3) is 0.400. The summed E-state index contributed by atoms with van der Waals surface area (Å²) in [7, 11) is 0. The molecule has 0 aromatic heterocycles. The SMILES string of the molecule is CCOc1cc([C@@H]2C(C#N)=C(N)OC3=C2C(=O)CCC3)cc(I)c1OCC. The average Bonchev–Trinajstić information content (AvgIpc) is 2.63. The first kappa shape index (κ1) is 19.5. The maximum absolute atomic E-state index is 12.7. The Balaban J connectivity index is 2.19. The smallest absolute Gasteiger partial charge is 0.205 e. The highest BCUT2D eigenvalue weighted by Crippen LogP contribution is 2.46. The number of benzene rings is 1. The van der Waals surface area contributed by atoms with E-state index in [9.17, 15) is 10.1 Å². The van der Waals surface area contributed by atoms with Crippen LogP contribution in [0.15, 0.2) is 34.9 Å². The monoisotopic (exact) mass is 480 g/mol. The van der Waals surface area contributed by atoms with Gasteiger partial charge in [-0.05, 0) is 60.6 Å². The van der Waals surface area contributed by atoms with Crippen LogP contribution in [0.4, 0.5) is 0 Å². The Morgan fingerprint density at radius 1 is 1.30 bits per heavy atom. The molecule has 0 amide bonds. The molecule has 0 unspecified atom stereocenters. The summed E-state index contributed by atoms with van der Waals surface area (Å²) in [6, 6.07) is 5.89. The molecule has 0 fully saturated rings. The van der Waals surface area contributed by atoms with Gasteiger partial charge in [-0.1, -0.05) is 0 Å². The highest BCUT2D eigenvalue weighted by atomic mass is 127. The van der Waals surface area contributed by atoms with Crippen molar-refractivity contribution in [2.75, 3.05) is 13.2 Å². The lowest BCUT2D eigenvalue weighted by molar-refractivity contribution is -0.116. The second kappa shape index (κ2) is 8.21. The minimum absolute atomic E-state index is 0.00310. The van der Waals surface area contributed by atoms with Crippen LogP contribution in [0.25, 0.3) is 0 Å². The van der Waals surface area contributed by atoms with Gasteiger partial charge in [-0.15, -0.1) is 0 Å². The van der Waals surface area contributed by atoms with Crippen LogP contribution < -0.4 is 15.2 Å². The predicted octanol–water partition coefficient (Wildman–Crippen LogP) is 3.90. The van der Waals surface area contributed by atoms with Gasteiger partial charge >= 0.3 is 0 Å². The summed E-state index contributed by atoms with van der Waals surface area (Å²) in [6.07, 6.45) is 1.82. The summed E-state index contributed by atoms with van der Waals surface area (Å²) >= 11 is 2.18. The number of nitrogens with two attached hydrogens (primary N) is 1. The van der Waals surface area contributed by atoms with Gasteiger partial charge in [0.15, 0.2) is 17.3 Å². The van der Waals surface area contributed by atoms with E-state index in [0.29, 0.717) is 48.9 Å². The molecule has 0 spiro atoms. The summed E-state index contributed by atoms with van der Waals surface area (Å²) < 4.78 is 18.0. The largest absolute Gasteiger partial charge is 0.490 e. The van der Waals surface area contributed by atoms with Gasteiger partial charge in [0.2, 0.25) is 5.88 Å². The zero-order chi connectivity index (χ0) is 19.6. The summed E-state index contributed by atoms with van der Waals surface area (Å²) in [5.41, 5.74) is 7.58. The third-order valence-electron chi connectivity index (χ3n) is 4.56. The van der Waals surface area contributed by atoms with Crippen molar-refractivity contribution < 1.29 is 19.0 Å². The van der Waals surface area contributed by atoms with Gasteiger partial charge in [0, 0.05) is 18.4 Å². The van der Waals surface area contributed by atoms with Crippen LogP contribution >= 0.6 is 22.6 Å². The average molecular weight is 480 g/mol. The van der Waals surface area contributed by atoms with Gasteiger partial charge in [-0.3, -0.25) is 4.79 Å². The molecule has 0 bridgehead atoms. The Morgan fingerprint density at radius 3 is 2.70 bits per heavy atom. The van der Waals surface area contributed by atoms with E-state index in [1.165, 1.54) is 0 Å². The highest BCUT2D eigenvalue weighted by Gasteiger charge is 2.38. The number of nitriles is 1. The van der Waals surface area contributed by atoms with E-state index in [1.807, 2.05) is 26.0 Å². The minimum atomic E-state index is -0.546. The molecule has 1 aliphatic carbocycles. The summed E-state index contributed by atoms with van der Waals surface area (Å²) in [5, 5.41) is 9.69. The minimum Gasteiger partial charge on any atom is -0.490 e. The summed E-state index contributed by atoms with van der Waals surface area (Å²) in [6.45, 7) is 4.79. The zero-order valence-electron chi connectivity index (χ0n) is 15.3. The summed E-state index contributed by atoms with van der Waals surface area (Å²) in [5.74, 6) is 1.36. The zero-order valence-corrected chi connectivity index (χ0v) is 17.5. The normalized spacial score (nSPS) is 19.3. The number of rotatable bonds is 5. The van der Waals surface area contributed by atoms with Crippen LogP contribution in [-0.2, 0) is 9.53 Å². The quantitative estimate of drug-likeness (QED) is 0.643. The Kier molecular flexibility index (Phi) is 5.95. The van der Waals surface area contributed by atoms with E-state index in [0.717, 1.165) is 15.6 Å². The molecule has 2 aliphatic rings. The van der Waals surface area contributed by atoms with E-state index < -0.39 is 5.92 Å². The van der Waals surface area contributed by atoms with E-state index in [1.54, 1.807) is 0 Å². The molecule has 0 saturated heterocycles. The van der Waals surface area contributed by atoms with Gasteiger partial charge in [0.1, 0.15) is 17.4 Å². The Morgan fingerprint density at radius 2 is 2.04 bits per heavy atom. The van der Waals surface area contributed by atoms with Gasteiger partial charge in [-0.25, -0.2) is 0 Å². The maximum Gasteiger partial charge on any atom is 0.205 e. The molecule has 142 valence electrons. The van der Waals surface area contributed by atoms with Crippen molar-refractivity contribution in [3.63, 3.8) is 0 Å². The van der Waals surface area contributed by atoms with Crippen molar-refractivity contribution in [2.24, 2.45) is 5.73 Å². The maximum atomic E-state index is 12.7. The lowest BCUT2D eigenvalue weighted by Crippen LogP contribution is -2.27. The molecular formula is C20H21IN2O4. The van der Waals surface area contributed by atoms with Gasteiger partial charge in [-0.2, -0.15) is 5.26 Å². The second-order valence-corrected chi connectivity index (χ2v) is 7.40. The first-order valence-corrected chi connectivity index (χ1v) is 10.0. The van der Waals surface area contributed by atoms with E-state index >= 15 is 0 Å². The molecule has 6 nitrogen and oxygen atoms in total. The highest BCUT2D eigenvalue weighted by molar-refractivity contribution is 14.1. The molecule has 2 N–H and O–H groups in total. The molecule has 1 aliphatic heterocycles. The van der Waals surface area contributed by atoms with Crippen molar-refractivity contribution >= 4 is 28.4 Å². The van der Waals surface area contributed by atoms with Crippen LogP contribution in [0.2, 0.25) is 0 Å². The molecule has 3 rings (SSSR count). The number of nitrogens with zero attached hydrogens (tertiary/aromatic N) is 1. The predicted molar refractivity (Wildman–Crippen MR) is 108 cm³/mol. The molecule has 7 heteroatoms. The number of halogens is 1. The molecule has 1 aromatic carbocycles. The van der Waals surface area contributed by atoms with Crippen LogP contribution in [0.5, 0.6) is 11.5 Å². The first-order valence-electron chi connectivity index (χ1n) is 8.94. The lowest BCUT2D eigenvalue weighted by atomic mass is 9.77. The number of ketones is 1. The number of hydrogen-bond acceptors (Lipinski definition) is 6. The lowest BCUT2D eigenvalue weighted by Gasteiger charge is -2.31. The van der Waals surface area contributed by atoms with Crippen LogP contribution in [-0.4, -0.2) is 19.0 Å². The van der Waals surface area contributed by atoms with Crippen molar-refractivity contribution in [3.8, 4) is 17.6 Å². The molecule has 27 heavy (non-hydrogen) atoms. The van der Waals surface area contributed by atoms with Gasteiger partial charge in [0.25, 0.3) is 0 Å². The molecular weight excluding hydrogens is 459 g/mol. The fourth-order valence-electron chi connectivity index (χ4n) is 3.49. The van der Waals surface area contributed by atoms with Crippen molar-refractivity contribution in [2.45, 2.75) is 39.0 Å². The van der Waals surface area contributed by atoms with Crippen molar-refractivity contribution in [1.82, 2.24) is 0 Å². The number of carbonyl (C=O) groups excluding carboxylic acids is 1. The molecule has 1 aromatic rings. The first-order chi connectivity index (χ1) is 13.0. The number of allylic oxidation sites excluding steroid dienone is 3. The van der Waals surface area contributed by atoms with Crippen molar-refractivity contribution in [1.29, 1.82) is 5.26 Å². The number of ether oxygens (including phenoxy) is 3. The molecule has 0 saturated carbocycles. The molecule has 0 radical (unpaired) electrons. The van der Waals surface area contributed by atoms with E-state index in [4.69, 9.17) is 19.9 Å². The second-order valence-electron chi connectivity index (χ2n) is 6.23. The van der Waals surface area contributed by atoms with E-state index in [-0.39, 0.29) is 17.2 Å². The Hall–Kier alpha value is -2.21. The standard InChI is InChI=1S/C20H21IN2O4/c1-3-25-16-9-11(8-13(21)19(16)26-4-2)17-12(10-22)20(23)27-15-7-5-6-14(24)18(15)17/h8-9,17H,3-7,23H2,1-2H3/t17-/m1/s1. The topological polar surface area (TPSA) is 94.6 Å². The third kappa shape index (κ3) is 3.63. The molecule has 1 heterocycles. The number of hydrogen-bond donors (Lipinski definition) is 1. The van der Waals surface area contributed by atoms with Gasteiger partial charge in [0.05, 0.1) is 22.7 Å². The van der Waals surface area contributed by atoms with E-state index in [2.05, 4.69) is 28.7 Å². The van der Waals surface area contributed by atoms with Crippen LogP contribution in [0, 0.1) is 14.9 Å².